The van der Waals surface area contributed by atoms with Crippen molar-refractivity contribution in [1.82, 2.24) is 14.9 Å². The standard InChI is InChI=1S/C10H15N5O/c1-11-8-5-12-6-9(14-8)13-7-3-4-15(2)10(7)16/h5-7H,3-4H2,1-2H3,(H2,11,13,14). The molecule has 0 radical (unpaired) electrons. The lowest BCUT2D eigenvalue weighted by Gasteiger charge is -2.12. The maximum Gasteiger partial charge on any atom is 0.244 e. The number of nitrogens with one attached hydrogen (secondary N) is 2. The Hall–Kier alpha value is -1.85. The van der Waals surface area contributed by atoms with Crippen LogP contribution < -0.4 is 10.6 Å². The average Bonchev–Trinajstić information content (AvgIpc) is 2.61. The van der Waals surface area contributed by atoms with E-state index in [1.54, 1.807) is 31.4 Å². The molecule has 0 saturated carbocycles. The molecule has 1 aliphatic rings. The van der Waals surface area contributed by atoms with Crippen molar-refractivity contribution in [3.8, 4) is 0 Å². The number of carbonyl (C=O) groups is 1. The quantitative estimate of drug-likeness (QED) is 0.761. The van der Waals surface area contributed by atoms with E-state index in [9.17, 15) is 4.79 Å². The first kappa shape index (κ1) is 10.7. The van der Waals surface area contributed by atoms with Crippen molar-refractivity contribution in [2.24, 2.45) is 0 Å². The lowest BCUT2D eigenvalue weighted by molar-refractivity contribution is -0.127. The molecule has 6 nitrogen and oxygen atoms in total. The predicted octanol–water partition coefficient (Wildman–Crippen LogP) is 0.161. The fraction of sp³-hybridized carbons (Fsp3) is 0.500. The van der Waals surface area contributed by atoms with Crippen molar-refractivity contribution < 1.29 is 4.79 Å². The van der Waals surface area contributed by atoms with Crippen LogP contribution in [0.2, 0.25) is 0 Å². The molecular weight excluding hydrogens is 206 g/mol. The van der Waals surface area contributed by atoms with Gasteiger partial charge in [-0.2, -0.15) is 0 Å². The molecular formula is C10H15N5O. The molecule has 1 aliphatic heterocycles. The van der Waals surface area contributed by atoms with Gasteiger partial charge in [0.05, 0.1) is 12.4 Å². The molecule has 6 heteroatoms. The Balaban J connectivity index is 2.06. The Labute approximate surface area is 94.1 Å². The van der Waals surface area contributed by atoms with E-state index in [1.807, 2.05) is 0 Å². The Kier molecular flexibility index (Phi) is 2.89. The van der Waals surface area contributed by atoms with E-state index in [1.165, 1.54) is 0 Å². The van der Waals surface area contributed by atoms with E-state index in [4.69, 9.17) is 0 Å². The summed E-state index contributed by atoms with van der Waals surface area (Å²) in [5.74, 6) is 1.42. The molecule has 0 aliphatic carbocycles. The number of likely N-dealkylation sites (N-methyl/N-ethyl adjacent to an activating group) is 1. The van der Waals surface area contributed by atoms with Gasteiger partial charge in [-0.15, -0.1) is 0 Å². The van der Waals surface area contributed by atoms with Crippen LogP contribution in [0, 0.1) is 0 Å². The van der Waals surface area contributed by atoms with Crippen molar-refractivity contribution in [1.29, 1.82) is 0 Å². The fourth-order valence-electron chi connectivity index (χ4n) is 1.69. The molecule has 1 aromatic heterocycles. The van der Waals surface area contributed by atoms with E-state index < -0.39 is 0 Å². The second-order valence-corrected chi connectivity index (χ2v) is 3.78. The van der Waals surface area contributed by atoms with E-state index in [0.717, 1.165) is 13.0 Å². The first-order valence-corrected chi connectivity index (χ1v) is 5.22. The minimum atomic E-state index is -0.175. The molecule has 0 bridgehead atoms. The molecule has 1 amide bonds. The fourth-order valence-corrected chi connectivity index (χ4v) is 1.69. The maximum absolute atomic E-state index is 11.7. The Bertz CT molecular complexity index is 395. The number of rotatable bonds is 3. The molecule has 16 heavy (non-hydrogen) atoms. The molecule has 2 heterocycles. The van der Waals surface area contributed by atoms with Crippen LogP contribution in [0.15, 0.2) is 12.4 Å². The first-order valence-electron chi connectivity index (χ1n) is 5.22. The van der Waals surface area contributed by atoms with Crippen LogP contribution in [0.1, 0.15) is 6.42 Å². The van der Waals surface area contributed by atoms with Crippen LogP contribution in [-0.2, 0) is 4.79 Å². The van der Waals surface area contributed by atoms with Crippen molar-refractivity contribution >= 4 is 17.5 Å². The predicted molar refractivity (Wildman–Crippen MR) is 61.2 cm³/mol. The summed E-state index contributed by atoms with van der Waals surface area (Å²) in [7, 11) is 3.59. The maximum atomic E-state index is 11.7. The number of amides is 1. The Morgan fingerprint density at radius 1 is 1.44 bits per heavy atom. The van der Waals surface area contributed by atoms with Crippen LogP contribution in [-0.4, -0.2) is 47.5 Å². The zero-order chi connectivity index (χ0) is 11.5. The molecule has 0 spiro atoms. The molecule has 86 valence electrons. The van der Waals surface area contributed by atoms with Crippen LogP contribution in [0.25, 0.3) is 0 Å². The SMILES string of the molecule is CNc1cncc(NC2CCN(C)C2=O)n1. The summed E-state index contributed by atoms with van der Waals surface area (Å²) in [6.07, 6.45) is 4.06. The third-order valence-electron chi connectivity index (χ3n) is 2.64. The average molecular weight is 221 g/mol. The molecule has 1 saturated heterocycles. The minimum Gasteiger partial charge on any atom is -0.372 e. The number of hydrogen-bond acceptors (Lipinski definition) is 5. The summed E-state index contributed by atoms with van der Waals surface area (Å²) in [4.78, 5) is 21.7. The number of aromatic nitrogens is 2. The molecule has 1 atom stereocenters. The van der Waals surface area contributed by atoms with Gasteiger partial charge < -0.3 is 15.5 Å². The Morgan fingerprint density at radius 2 is 2.19 bits per heavy atom. The summed E-state index contributed by atoms with van der Waals surface area (Å²) in [5.41, 5.74) is 0. The number of likely N-dealkylation sites (tertiary alicyclic amines) is 1. The number of anilines is 2. The minimum absolute atomic E-state index is 0.108. The van der Waals surface area contributed by atoms with Crippen LogP contribution >= 0.6 is 0 Å². The largest absolute Gasteiger partial charge is 0.372 e. The van der Waals surface area contributed by atoms with Crippen molar-refractivity contribution in [2.45, 2.75) is 12.5 Å². The first-order chi connectivity index (χ1) is 7.70. The second-order valence-electron chi connectivity index (χ2n) is 3.78. The summed E-state index contributed by atoms with van der Waals surface area (Å²) in [5, 5.41) is 5.99. The van der Waals surface area contributed by atoms with Gasteiger partial charge in [-0.3, -0.25) is 9.78 Å². The van der Waals surface area contributed by atoms with E-state index in [-0.39, 0.29) is 11.9 Å². The molecule has 2 N–H and O–H groups in total. The number of hydrogen-bond donors (Lipinski definition) is 2. The highest BCUT2D eigenvalue weighted by Gasteiger charge is 2.28. The zero-order valence-corrected chi connectivity index (χ0v) is 9.40. The second kappa shape index (κ2) is 4.34. The van der Waals surface area contributed by atoms with Crippen LogP contribution in [0.3, 0.4) is 0 Å². The van der Waals surface area contributed by atoms with Gasteiger partial charge in [0.1, 0.15) is 17.7 Å². The molecule has 2 rings (SSSR count). The highest BCUT2D eigenvalue weighted by atomic mass is 16.2. The van der Waals surface area contributed by atoms with Crippen LogP contribution in [0.4, 0.5) is 11.6 Å². The topological polar surface area (TPSA) is 70.2 Å². The molecule has 0 aromatic carbocycles. The summed E-state index contributed by atoms with van der Waals surface area (Å²) in [6, 6.07) is -0.175. The van der Waals surface area contributed by atoms with Crippen LogP contribution in [0.5, 0.6) is 0 Å². The van der Waals surface area contributed by atoms with Gasteiger partial charge in [-0.25, -0.2) is 4.98 Å². The summed E-state index contributed by atoms with van der Waals surface area (Å²) < 4.78 is 0. The lowest BCUT2D eigenvalue weighted by atomic mass is 10.2. The van der Waals surface area contributed by atoms with Crippen molar-refractivity contribution in [2.75, 3.05) is 31.3 Å². The van der Waals surface area contributed by atoms with E-state index in [0.29, 0.717) is 11.6 Å². The van der Waals surface area contributed by atoms with E-state index >= 15 is 0 Å². The Morgan fingerprint density at radius 3 is 2.81 bits per heavy atom. The normalized spacial score (nSPS) is 20.0. The van der Waals surface area contributed by atoms with Gasteiger partial charge in [0.25, 0.3) is 0 Å². The number of carbonyl (C=O) groups excluding carboxylic acids is 1. The smallest absolute Gasteiger partial charge is 0.244 e. The van der Waals surface area contributed by atoms with Crippen molar-refractivity contribution in [3.63, 3.8) is 0 Å². The summed E-state index contributed by atoms with van der Waals surface area (Å²) >= 11 is 0. The van der Waals surface area contributed by atoms with E-state index in [2.05, 4.69) is 20.6 Å². The lowest BCUT2D eigenvalue weighted by Crippen LogP contribution is -2.31. The molecule has 1 aromatic rings. The monoisotopic (exact) mass is 221 g/mol. The highest BCUT2D eigenvalue weighted by Crippen LogP contribution is 2.14. The number of nitrogens with zero attached hydrogens (tertiary/aromatic N) is 3. The van der Waals surface area contributed by atoms with Gasteiger partial charge in [-0.1, -0.05) is 0 Å². The molecule has 1 fully saturated rings. The van der Waals surface area contributed by atoms with Gasteiger partial charge in [0.2, 0.25) is 5.91 Å². The highest BCUT2D eigenvalue weighted by molar-refractivity contribution is 5.86. The van der Waals surface area contributed by atoms with Gasteiger partial charge in [0, 0.05) is 20.6 Å². The summed E-state index contributed by atoms with van der Waals surface area (Å²) in [6.45, 7) is 0.787. The van der Waals surface area contributed by atoms with Gasteiger partial charge in [0.15, 0.2) is 0 Å². The van der Waals surface area contributed by atoms with Crippen molar-refractivity contribution in [3.05, 3.63) is 12.4 Å². The molecule has 1 unspecified atom stereocenters. The third-order valence-corrected chi connectivity index (χ3v) is 2.64. The van der Waals surface area contributed by atoms with Gasteiger partial charge in [-0.05, 0) is 6.42 Å². The third kappa shape index (κ3) is 2.05. The van der Waals surface area contributed by atoms with Gasteiger partial charge >= 0.3 is 0 Å². The zero-order valence-electron chi connectivity index (χ0n) is 9.40.